The van der Waals surface area contributed by atoms with Gasteiger partial charge in [0.25, 0.3) is 0 Å². The van der Waals surface area contributed by atoms with Crippen LogP contribution in [0.2, 0.25) is 0 Å². The number of rotatable bonds is 2. The number of nitrogens with two attached hydrogens (primary N) is 1. The molecule has 0 saturated heterocycles. The van der Waals surface area contributed by atoms with E-state index < -0.39 is 5.91 Å². The summed E-state index contributed by atoms with van der Waals surface area (Å²) in [5.74, 6) is 0.135. The molecule has 0 spiro atoms. The van der Waals surface area contributed by atoms with Gasteiger partial charge in [-0.1, -0.05) is 6.07 Å². The zero-order valence-corrected chi connectivity index (χ0v) is 6.24. The topological polar surface area (TPSA) is 56.0 Å². The van der Waals surface area contributed by atoms with Crippen molar-refractivity contribution >= 4 is 5.91 Å². The standard InChI is InChI=1S/C8H9N2O/c1-6(8(9)11)7-3-2-4-10-5-7/h2-5H,1H3,(H2,9,11). The van der Waals surface area contributed by atoms with Crippen LogP contribution in [0.4, 0.5) is 0 Å². The first kappa shape index (κ1) is 7.72. The Kier molecular flexibility index (Phi) is 2.21. The minimum absolute atomic E-state index is 0.405. The first-order valence-corrected chi connectivity index (χ1v) is 3.25. The maximum atomic E-state index is 10.7. The monoisotopic (exact) mass is 149 g/mol. The minimum atomic E-state index is -0.405. The molecule has 11 heavy (non-hydrogen) atoms. The van der Waals surface area contributed by atoms with E-state index in [1.165, 1.54) is 0 Å². The lowest BCUT2D eigenvalue weighted by atomic mass is 10.0. The number of amides is 1. The summed E-state index contributed by atoms with van der Waals surface area (Å²) in [5, 5.41) is 0. The summed E-state index contributed by atoms with van der Waals surface area (Å²) in [5.41, 5.74) is 5.84. The van der Waals surface area contributed by atoms with Crippen molar-refractivity contribution in [2.24, 2.45) is 5.73 Å². The number of carbonyl (C=O) groups excluding carboxylic acids is 1. The molecule has 0 aliphatic carbocycles. The van der Waals surface area contributed by atoms with Gasteiger partial charge in [0.15, 0.2) is 0 Å². The molecular weight excluding hydrogens is 140 g/mol. The summed E-state index contributed by atoms with van der Waals surface area (Å²) in [6.07, 6.45) is 3.26. The van der Waals surface area contributed by atoms with E-state index in [1.54, 1.807) is 31.5 Å². The molecule has 1 aromatic heterocycles. The van der Waals surface area contributed by atoms with Crippen molar-refractivity contribution in [3.63, 3.8) is 0 Å². The molecule has 0 aromatic carbocycles. The highest BCUT2D eigenvalue weighted by Gasteiger charge is 2.11. The number of aromatic nitrogens is 1. The zero-order valence-electron chi connectivity index (χ0n) is 6.24. The molecule has 0 unspecified atom stereocenters. The van der Waals surface area contributed by atoms with Gasteiger partial charge in [-0.05, 0) is 18.6 Å². The van der Waals surface area contributed by atoms with Crippen molar-refractivity contribution < 1.29 is 4.79 Å². The fraction of sp³-hybridized carbons (Fsp3) is 0.125. The number of hydrogen-bond acceptors (Lipinski definition) is 2. The van der Waals surface area contributed by atoms with E-state index in [2.05, 4.69) is 4.98 Å². The average molecular weight is 149 g/mol. The Morgan fingerprint density at radius 3 is 2.82 bits per heavy atom. The van der Waals surface area contributed by atoms with Crippen molar-refractivity contribution in [3.8, 4) is 0 Å². The highest BCUT2D eigenvalue weighted by atomic mass is 16.1. The predicted molar refractivity (Wildman–Crippen MR) is 41.5 cm³/mol. The first-order chi connectivity index (χ1) is 5.22. The van der Waals surface area contributed by atoms with Crippen LogP contribution in [0.1, 0.15) is 12.5 Å². The summed E-state index contributed by atoms with van der Waals surface area (Å²) in [6, 6.07) is 3.56. The number of primary amides is 1. The molecule has 57 valence electrons. The highest BCUT2D eigenvalue weighted by molar-refractivity contribution is 5.91. The third-order valence-electron chi connectivity index (χ3n) is 1.46. The van der Waals surface area contributed by atoms with E-state index in [9.17, 15) is 4.79 Å². The molecular formula is C8H9N2O. The van der Waals surface area contributed by atoms with E-state index in [4.69, 9.17) is 5.73 Å². The van der Waals surface area contributed by atoms with Crippen LogP contribution in [0, 0.1) is 5.92 Å². The fourth-order valence-corrected chi connectivity index (χ4v) is 0.727. The molecule has 0 fully saturated rings. The quantitative estimate of drug-likeness (QED) is 0.666. The van der Waals surface area contributed by atoms with E-state index in [-0.39, 0.29) is 0 Å². The molecule has 1 heterocycles. The summed E-state index contributed by atoms with van der Waals surface area (Å²) in [4.78, 5) is 14.5. The van der Waals surface area contributed by atoms with Crippen LogP contribution in [-0.4, -0.2) is 10.9 Å². The van der Waals surface area contributed by atoms with Gasteiger partial charge in [-0.2, -0.15) is 0 Å². The Labute approximate surface area is 65.2 Å². The van der Waals surface area contributed by atoms with Gasteiger partial charge in [-0.3, -0.25) is 9.78 Å². The van der Waals surface area contributed by atoms with Gasteiger partial charge in [0.1, 0.15) is 0 Å². The van der Waals surface area contributed by atoms with Gasteiger partial charge in [-0.15, -0.1) is 0 Å². The lowest BCUT2D eigenvalue weighted by Gasteiger charge is -2.03. The SMILES string of the molecule is C[C](C(N)=O)c1cccnc1. The number of nitrogens with zero attached hydrogens (tertiary/aromatic N) is 1. The maximum absolute atomic E-state index is 10.7. The molecule has 1 aromatic rings. The molecule has 0 atom stereocenters. The summed E-state index contributed by atoms with van der Waals surface area (Å²) in [6.45, 7) is 1.68. The lowest BCUT2D eigenvalue weighted by molar-refractivity contribution is -0.115. The Balaban J connectivity index is 2.85. The minimum Gasteiger partial charge on any atom is -0.369 e. The van der Waals surface area contributed by atoms with Gasteiger partial charge in [0, 0.05) is 12.4 Å². The Morgan fingerprint density at radius 2 is 2.36 bits per heavy atom. The Hall–Kier alpha value is -1.38. The van der Waals surface area contributed by atoms with Crippen molar-refractivity contribution in [1.29, 1.82) is 0 Å². The molecule has 2 N–H and O–H groups in total. The van der Waals surface area contributed by atoms with Crippen LogP contribution in [-0.2, 0) is 4.79 Å². The third-order valence-corrected chi connectivity index (χ3v) is 1.46. The maximum Gasteiger partial charge on any atom is 0.229 e. The smallest absolute Gasteiger partial charge is 0.229 e. The first-order valence-electron chi connectivity index (χ1n) is 3.25. The van der Waals surface area contributed by atoms with Gasteiger partial charge in [0.05, 0.1) is 5.92 Å². The van der Waals surface area contributed by atoms with E-state index in [1.807, 2.05) is 0 Å². The second-order valence-corrected chi connectivity index (χ2v) is 2.23. The number of carbonyl (C=O) groups is 1. The molecule has 0 bridgehead atoms. The molecule has 0 saturated carbocycles. The van der Waals surface area contributed by atoms with Gasteiger partial charge < -0.3 is 5.73 Å². The van der Waals surface area contributed by atoms with Crippen molar-refractivity contribution in [2.75, 3.05) is 0 Å². The molecule has 1 radical (unpaired) electrons. The summed E-state index contributed by atoms with van der Waals surface area (Å²) < 4.78 is 0. The van der Waals surface area contributed by atoms with Crippen LogP contribution < -0.4 is 5.73 Å². The molecule has 3 heteroatoms. The second-order valence-electron chi connectivity index (χ2n) is 2.23. The van der Waals surface area contributed by atoms with Crippen LogP contribution in [0.25, 0.3) is 0 Å². The fourth-order valence-electron chi connectivity index (χ4n) is 0.727. The highest BCUT2D eigenvalue weighted by Crippen LogP contribution is 2.10. The molecule has 1 rings (SSSR count). The number of hydrogen-bond donors (Lipinski definition) is 1. The van der Waals surface area contributed by atoms with Gasteiger partial charge in [0.2, 0.25) is 5.91 Å². The lowest BCUT2D eigenvalue weighted by Crippen LogP contribution is -2.19. The van der Waals surface area contributed by atoms with E-state index >= 15 is 0 Å². The Morgan fingerprint density at radius 1 is 1.64 bits per heavy atom. The molecule has 3 nitrogen and oxygen atoms in total. The zero-order chi connectivity index (χ0) is 8.27. The van der Waals surface area contributed by atoms with Crippen LogP contribution in [0.15, 0.2) is 24.5 Å². The van der Waals surface area contributed by atoms with Gasteiger partial charge in [-0.25, -0.2) is 0 Å². The number of pyridine rings is 1. The summed E-state index contributed by atoms with van der Waals surface area (Å²) >= 11 is 0. The van der Waals surface area contributed by atoms with Crippen LogP contribution in [0.5, 0.6) is 0 Å². The van der Waals surface area contributed by atoms with Crippen molar-refractivity contribution in [2.45, 2.75) is 6.92 Å². The van der Waals surface area contributed by atoms with Gasteiger partial charge >= 0.3 is 0 Å². The van der Waals surface area contributed by atoms with Crippen molar-refractivity contribution in [3.05, 3.63) is 36.0 Å². The third kappa shape index (κ3) is 1.77. The molecule has 1 amide bonds. The second kappa shape index (κ2) is 3.14. The normalized spacial score (nSPS) is 10.0. The van der Waals surface area contributed by atoms with E-state index in [0.717, 1.165) is 5.56 Å². The predicted octanol–water partition coefficient (Wildman–Crippen LogP) is 0.509. The average Bonchev–Trinajstić information content (AvgIpc) is 2.05. The van der Waals surface area contributed by atoms with E-state index in [0.29, 0.717) is 5.92 Å². The van der Waals surface area contributed by atoms with Crippen LogP contribution in [0.3, 0.4) is 0 Å². The van der Waals surface area contributed by atoms with Crippen molar-refractivity contribution in [1.82, 2.24) is 4.98 Å². The summed E-state index contributed by atoms with van der Waals surface area (Å²) in [7, 11) is 0. The largest absolute Gasteiger partial charge is 0.369 e. The molecule has 0 aliphatic rings. The van der Waals surface area contributed by atoms with Crippen LogP contribution >= 0.6 is 0 Å². The Bertz CT molecular complexity index is 246. The molecule has 0 aliphatic heterocycles.